The molecular weight excluding hydrogens is 250 g/mol. The van der Waals surface area contributed by atoms with Gasteiger partial charge in [0, 0.05) is 13.1 Å². The van der Waals surface area contributed by atoms with Gasteiger partial charge in [0.1, 0.15) is 0 Å². The summed E-state index contributed by atoms with van der Waals surface area (Å²) in [6, 6.07) is 14.7. The van der Waals surface area contributed by atoms with E-state index in [0.29, 0.717) is 6.54 Å². The topological polar surface area (TPSA) is 38.3 Å². The van der Waals surface area contributed by atoms with Gasteiger partial charge in [0.25, 0.3) is 0 Å². The van der Waals surface area contributed by atoms with Crippen LogP contribution in [0.25, 0.3) is 10.8 Å². The molecule has 0 unspecified atom stereocenters. The van der Waals surface area contributed by atoms with Gasteiger partial charge in [-0.3, -0.25) is 4.79 Å². The van der Waals surface area contributed by atoms with Gasteiger partial charge in [0.15, 0.2) is 0 Å². The van der Waals surface area contributed by atoms with Crippen molar-refractivity contribution in [3.8, 4) is 0 Å². The summed E-state index contributed by atoms with van der Waals surface area (Å²) in [7, 11) is 1.47. The standard InChI is InChI=1S/C17H19NO2/c1-20-16(19)17(9-10-17)12-18-11-14-7-4-6-13-5-2-3-8-15(13)14/h2-8,18H,9-12H2,1H3. The Balaban J connectivity index is 1.68. The molecule has 0 bridgehead atoms. The lowest BCUT2D eigenvalue weighted by atomic mass is 10.0. The molecule has 0 saturated heterocycles. The molecule has 1 fully saturated rings. The average molecular weight is 269 g/mol. The molecule has 20 heavy (non-hydrogen) atoms. The van der Waals surface area contributed by atoms with Crippen molar-refractivity contribution in [2.24, 2.45) is 5.41 Å². The fourth-order valence-corrected chi connectivity index (χ4v) is 2.70. The van der Waals surface area contributed by atoms with Gasteiger partial charge in [0.05, 0.1) is 12.5 Å². The second-order valence-electron chi connectivity index (χ2n) is 5.51. The van der Waals surface area contributed by atoms with E-state index in [9.17, 15) is 4.79 Å². The molecule has 0 aliphatic heterocycles. The lowest BCUT2D eigenvalue weighted by Crippen LogP contribution is -2.30. The third-order valence-electron chi connectivity index (χ3n) is 4.13. The van der Waals surface area contributed by atoms with Crippen LogP contribution in [0.15, 0.2) is 42.5 Å². The number of fused-ring (bicyclic) bond motifs is 1. The number of hydrogen-bond acceptors (Lipinski definition) is 3. The molecule has 0 aromatic heterocycles. The van der Waals surface area contributed by atoms with E-state index in [1.165, 1.54) is 23.4 Å². The van der Waals surface area contributed by atoms with Crippen LogP contribution in [0.3, 0.4) is 0 Å². The molecule has 0 heterocycles. The zero-order valence-electron chi connectivity index (χ0n) is 11.7. The zero-order chi connectivity index (χ0) is 14.0. The Morgan fingerprint density at radius 1 is 1.20 bits per heavy atom. The highest BCUT2D eigenvalue weighted by Gasteiger charge is 2.50. The molecule has 1 aliphatic carbocycles. The fraction of sp³-hybridized carbons (Fsp3) is 0.353. The highest BCUT2D eigenvalue weighted by Crippen LogP contribution is 2.46. The molecule has 2 aromatic carbocycles. The van der Waals surface area contributed by atoms with Gasteiger partial charge in [0.2, 0.25) is 0 Å². The number of nitrogens with one attached hydrogen (secondary N) is 1. The fourth-order valence-electron chi connectivity index (χ4n) is 2.70. The van der Waals surface area contributed by atoms with Crippen molar-refractivity contribution in [2.45, 2.75) is 19.4 Å². The van der Waals surface area contributed by atoms with E-state index in [2.05, 4.69) is 47.8 Å². The Morgan fingerprint density at radius 3 is 2.70 bits per heavy atom. The lowest BCUT2D eigenvalue weighted by Gasteiger charge is -2.14. The Bertz CT molecular complexity index is 626. The molecule has 0 radical (unpaired) electrons. The Kier molecular flexibility index (Phi) is 3.45. The van der Waals surface area contributed by atoms with E-state index in [-0.39, 0.29) is 11.4 Å². The predicted octanol–water partition coefficient (Wildman–Crippen LogP) is 2.88. The van der Waals surface area contributed by atoms with Crippen LogP contribution < -0.4 is 5.32 Å². The smallest absolute Gasteiger partial charge is 0.313 e. The molecule has 1 N–H and O–H groups in total. The molecule has 1 aliphatic rings. The molecule has 3 nitrogen and oxygen atoms in total. The number of carbonyl (C=O) groups is 1. The predicted molar refractivity (Wildman–Crippen MR) is 79.3 cm³/mol. The van der Waals surface area contributed by atoms with E-state index in [4.69, 9.17) is 4.74 Å². The van der Waals surface area contributed by atoms with Crippen molar-refractivity contribution in [3.63, 3.8) is 0 Å². The summed E-state index contributed by atoms with van der Waals surface area (Å²) in [4.78, 5) is 11.7. The first-order chi connectivity index (χ1) is 9.75. The van der Waals surface area contributed by atoms with Crippen molar-refractivity contribution < 1.29 is 9.53 Å². The van der Waals surface area contributed by atoms with Crippen LogP contribution in [0, 0.1) is 5.41 Å². The average Bonchev–Trinajstić information content (AvgIpc) is 3.28. The van der Waals surface area contributed by atoms with Crippen LogP contribution in [0.5, 0.6) is 0 Å². The summed E-state index contributed by atoms with van der Waals surface area (Å²) in [5, 5.41) is 5.93. The second-order valence-corrected chi connectivity index (χ2v) is 5.51. The van der Waals surface area contributed by atoms with Gasteiger partial charge in [-0.2, -0.15) is 0 Å². The first-order valence-corrected chi connectivity index (χ1v) is 7.01. The summed E-state index contributed by atoms with van der Waals surface area (Å²) < 4.78 is 4.87. The van der Waals surface area contributed by atoms with E-state index in [1.807, 2.05) is 0 Å². The molecule has 0 amide bonds. The maximum Gasteiger partial charge on any atom is 0.313 e. The normalized spacial score (nSPS) is 16.1. The van der Waals surface area contributed by atoms with E-state index in [0.717, 1.165) is 19.4 Å². The zero-order valence-corrected chi connectivity index (χ0v) is 11.7. The van der Waals surface area contributed by atoms with Crippen LogP contribution in [-0.4, -0.2) is 19.6 Å². The van der Waals surface area contributed by atoms with Crippen molar-refractivity contribution in [2.75, 3.05) is 13.7 Å². The van der Waals surface area contributed by atoms with E-state index < -0.39 is 0 Å². The summed E-state index contributed by atoms with van der Waals surface area (Å²) in [6.45, 7) is 1.48. The maximum atomic E-state index is 11.7. The highest BCUT2D eigenvalue weighted by atomic mass is 16.5. The maximum absolute atomic E-state index is 11.7. The minimum Gasteiger partial charge on any atom is -0.469 e. The highest BCUT2D eigenvalue weighted by molar-refractivity contribution is 5.85. The SMILES string of the molecule is COC(=O)C1(CNCc2cccc3ccccc23)CC1. The Hall–Kier alpha value is -1.87. The summed E-state index contributed by atoms with van der Waals surface area (Å²) >= 11 is 0. The van der Waals surface area contributed by atoms with Crippen LogP contribution in [0.4, 0.5) is 0 Å². The van der Waals surface area contributed by atoms with Crippen LogP contribution in [0.1, 0.15) is 18.4 Å². The van der Waals surface area contributed by atoms with Gasteiger partial charge in [-0.25, -0.2) is 0 Å². The Morgan fingerprint density at radius 2 is 1.95 bits per heavy atom. The molecule has 104 valence electrons. The second kappa shape index (κ2) is 5.25. The Labute approximate surface area is 118 Å². The van der Waals surface area contributed by atoms with Crippen molar-refractivity contribution in [1.82, 2.24) is 5.32 Å². The van der Waals surface area contributed by atoms with Crippen LogP contribution in [0.2, 0.25) is 0 Å². The summed E-state index contributed by atoms with van der Waals surface area (Å²) in [5.41, 5.74) is 1.00. The number of carbonyl (C=O) groups excluding carboxylic acids is 1. The summed E-state index contributed by atoms with van der Waals surface area (Å²) in [6.07, 6.45) is 1.87. The molecule has 3 rings (SSSR count). The van der Waals surface area contributed by atoms with Crippen molar-refractivity contribution in [1.29, 1.82) is 0 Å². The number of hydrogen-bond donors (Lipinski definition) is 1. The van der Waals surface area contributed by atoms with Gasteiger partial charge < -0.3 is 10.1 Å². The molecule has 3 heteroatoms. The summed E-state index contributed by atoms with van der Waals surface area (Å²) in [5.74, 6) is -0.0806. The third-order valence-corrected chi connectivity index (χ3v) is 4.13. The number of rotatable bonds is 5. The number of methoxy groups -OCH3 is 1. The van der Waals surface area contributed by atoms with Crippen molar-refractivity contribution in [3.05, 3.63) is 48.0 Å². The molecule has 0 spiro atoms. The monoisotopic (exact) mass is 269 g/mol. The molecule has 2 aromatic rings. The minimum absolute atomic E-state index is 0.0806. The van der Waals surface area contributed by atoms with Gasteiger partial charge in [-0.05, 0) is 29.2 Å². The van der Waals surface area contributed by atoms with Crippen molar-refractivity contribution >= 4 is 16.7 Å². The largest absolute Gasteiger partial charge is 0.469 e. The molecular formula is C17H19NO2. The van der Waals surface area contributed by atoms with Gasteiger partial charge in [-0.15, -0.1) is 0 Å². The molecule has 0 atom stereocenters. The first-order valence-electron chi connectivity index (χ1n) is 7.01. The minimum atomic E-state index is -0.265. The van der Waals surface area contributed by atoms with Gasteiger partial charge in [-0.1, -0.05) is 42.5 Å². The number of esters is 1. The quantitative estimate of drug-likeness (QED) is 0.848. The molecule has 1 saturated carbocycles. The van der Waals surface area contributed by atoms with Crippen LogP contribution in [-0.2, 0) is 16.1 Å². The number of ether oxygens (including phenoxy) is 1. The van der Waals surface area contributed by atoms with E-state index in [1.54, 1.807) is 0 Å². The number of benzene rings is 2. The first kappa shape index (κ1) is 13.1. The van der Waals surface area contributed by atoms with Crippen LogP contribution >= 0.6 is 0 Å². The van der Waals surface area contributed by atoms with Gasteiger partial charge >= 0.3 is 5.97 Å². The third kappa shape index (κ3) is 2.41. The lowest BCUT2D eigenvalue weighted by molar-refractivity contribution is -0.146. The van der Waals surface area contributed by atoms with E-state index >= 15 is 0 Å².